The maximum absolute atomic E-state index is 6.14. The minimum absolute atomic E-state index is 0.144. The molecule has 2 aromatic rings. The first-order chi connectivity index (χ1) is 7.08. The summed E-state index contributed by atoms with van der Waals surface area (Å²) in [7, 11) is 0. The molecule has 0 aliphatic rings. The molecule has 1 aromatic carbocycles. The Bertz CT molecular complexity index is 488. The van der Waals surface area contributed by atoms with Gasteiger partial charge in [-0.1, -0.05) is 11.6 Å². The van der Waals surface area contributed by atoms with Crippen LogP contribution in [0.5, 0.6) is 0 Å². The van der Waals surface area contributed by atoms with Gasteiger partial charge in [0.1, 0.15) is 5.52 Å². The number of nitrogens with zero attached hydrogens (tertiary/aromatic N) is 1. The van der Waals surface area contributed by atoms with Crippen molar-refractivity contribution in [2.75, 3.05) is 0 Å². The summed E-state index contributed by atoms with van der Waals surface area (Å²) in [6.45, 7) is 3.97. The van der Waals surface area contributed by atoms with Crippen molar-refractivity contribution in [2.45, 2.75) is 26.3 Å². The first-order valence-corrected chi connectivity index (χ1v) is 5.34. The summed E-state index contributed by atoms with van der Waals surface area (Å²) in [6, 6.07) is 4.18. The topological polar surface area (TPSA) is 54.7 Å². The quantitative estimate of drug-likeness (QED) is 0.822. The number of halogens is 1. The zero-order valence-corrected chi connectivity index (χ0v) is 9.60. The van der Waals surface area contributed by atoms with Crippen LogP contribution in [-0.2, 0) is 6.42 Å². The van der Waals surface area contributed by atoms with Crippen molar-refractivity contribution in [2.24, 2.45) is 5.73 Å². The van der Waals surface area contributed by atoms with Crippen LogP contribution >= 0.6 is 11.6 Å². The van der Waals surface area contributed by atoms with Crippen LogP contribution in [0.2, 0.25) is 5.02 Å². The van der Waals surface area contributed by atoms with E-state index in [1.807, 2.05) is 19.9 Å². The third kappa shape index (κ3) is 1.98. The highest BCUT2D eigenvalue weighted by Gasteiger charge is 2.08. The lowest BCUT2D eigenvalue weighted by atomic mass is 10.0. The molecule has 80 valence electrons. The van der Waals surface area contributed by atoms with Gasteiger partial charge in [-0.05, 0) is 38.0 Å². The second-order valence-corrected chi connectivity index (χ2v) is 4.41. The molecule has 15 heavy (non-hydrogen) atoms. The summed E-state index contributed by atoms with van der Waals surface area (Å²) >= 11 is 6.14. The number of nitrogens with one attached hydrogen (secondary N) is 1. The number of nitrogens with two attached hydrogens (primary N) is 1. The average Bonchev–Trinajstić information content (AvgIpc) is 2.47. The fourth-order valence-electron chi connectivity index (χ4n) is 1.74. The van der Waals surface area contributed by atoms with Crippen molar-refractivity contribution < 1.29 is 0 Å². The van der Waals surface area contributed by atoms with Crippen molar-refractivity contribution in [1.29, 1.82) is 0 Å². The second kappa shape index (κ2) is 3.83. The molecule has 1 unspecified atom stereocenters. The van der Waals surface area contributed by atoms with E-state index >= 15 is 0 Å². The molecular formula is C11H14ClN3. The Morgan fingerprint density at radius 2 is 2.27 bits per heavy atom. The largest absolute Gasteiger partial charge is 0.328 e. The lowest BCUT2D eigenvalue weighted by Crippen LogP contribution is -2.17. The molecule has 0 bridgehead atoms. The Balaban J connectivity index is 2.55. The molecule has 0 radical (unpaired) electrons. The van der Waals surface area contributed by atoms with E-state index in [2.05, 4.69) is 16.3 Å². The van der Waals surface area contributed by atoms with Gasteiger partial charge in [-0.15, -0.1) is 0 Å². The number of hydrogen-bond donors (Lipinski definition) is 2. The van der Waals surface area contributed by atoms with Gasteiger partial charge >= 0.3 is 0 Å². The lowest BCUT2D eigenvalue weighted by Gasteiger charge is -2.06. The van der Waals surface area contributed by atoms with Gasteiger partial charge < -0.3 is 5.73 Å². The van der Waals surface area contributed by atoms with Crippen LogP contribution in [0.1, 0.15) is 18.2 Å². The van der Waals surface area contributed by atoms with Gasteiger partial charge in [-0.2, -0.15) is 5.10 Å². The number of benzene rings is 1. The molecule has 0 saturated carbocycles. The smallest absolute Gasteiger partial charge is 0.111 e. The highest BCUT2D eigenvalue weighted by Crippen LogP contribution is 2.26. The monoisotopic (exact) mass is 223 g/mol. The van der Waals surface area contributed by atoms with E-state index in [0.717, 1.165) is 28.6 Å². The molecule has 1 atom stereocenters. The molecule has 2 rings (SSSR count). The first-order valence-electron chi connectivity index (χ1n) is 4.96. The lowest BCUT2D eigenvalue weighted by molar-refractivity contribution is 0.739. The maximum Gasteiger partial charge on any atom is 0.111 e. The van der Waals surface area contributed by atoms with E-state index in [9.17, 15) is 0 Å². The summed E-state index contributed by atoms with van der Waals surface area (Å²) in [5.74, 6) is 0. The molecule has 0 spiro atoms. The highest BCUT2D eigenvalue weighted by atomic mass is 35.5. The Labute approximate surface area is 93.6 Å². The Kier molecular flexibility index (Phi) is 2.67. The zero-order chi connectivity index (χ0) is 11.0. The number of fused-ring (bicyclic) bond motifs is 1. The standard InChI is InChI=1S/C11H14ClN3/c1-6(13)3-8-4-9-7(2)14-15-11(9)10(12)5-8/h4-6H,3,13H2,1-2H3,(H,14,15). The SMILES string of the molecule is Cc1[nH]nc2c(Cl)cc(CC(C)N)cc12. The first kappa shape index (κ1) is 10.5. The number of aromatic nitrogens is 2. The molecule has 0 aliphatic carbocycles. The summed E-state index contributed by atoms with van der Waals surface area (Å²) in [5, 5.41) is 8.85. The molecule has 1 aromatic heterocycles. The molecule has 0 aliphatic heterocycles. The molecule has 0 saturated heterocycles. The number of hydrogen-bond acceptors (Lipinski definition) is 2. The molecular weight excluding hydrogens is 210 g/mol. The van der Waals surface area contributed by atoms with E-state index < -0.39 is 0 Å². The third-order valence-electron chi connectivity index (χ3n) is 2.42. The molecule has 3 nitrogen and oxygen atoms in total. The number of rotatable bonds is 2. The van der Waals surface area contributed by atoms with Gasteiger partial charge in [-0.3, -0.25) is 5.10 Å². The summed E-state index contributed by atoms with van der Waals surface area (Å²) in [4.78, 5) is 0. The van der Waals surface area contributed by atoms with Crippen LogP contribution in [0.3, 0.4) is 0 Å². The van der Waals surface area contributed by atoms with Gasteiger partial charge in [0.2, 0.25) is 0 Å². The van der Waals surface area contributed by atoms with E-state index in [0.29, 0.717) is 5.02 Å². The Hall–Kier alpha value is -1.06. The van der Waals surface area contributed by atoms with Crippen LogP contribution in [0.25, 0.3) is 10.9 Å². The van der Waals surface area contributed by atoms with Crippen LogP contribution in [-0.4, -0.2) is 16.2 Å². The Morgan fingerprint density at radius 1 is 1.53 bits per heavy atom. The molecule has 0 amide bonds. The van der Waals surface area contributed by atoms with Gasteiger partial charge in [0, 0.05) is 17.1 Å². The van der Waals surface area contributed by atoms with Crippen molar-refractivity contribution in [1.82, 2.24) is 10.2 Å². The van der Waals surface area contributed by atoms with Crippen molar-refractivity contribution in [3.63, 3.8) is 0 Å². The minimum atomic E-state index is 0.144. The summed E-state index contributed by atoms with van der Waals surface area (Å²) in [6.07, 6.45) is 0.834. The predicted octanol–water partition coefficient (Wildman–Crippen LogP) is 2.41. The van der Waals surface area contributed by atoms with Crippen LogP contribution in [0, 0.1) is 6.92 Å². The second-order valence-electron chi connectivity index (χ2n) is 4.00. The Morgan fingerprint density at radius 3 is 2.93 bits per heavy atom. The maximum atomic E-state index is 6.14. The van der Waals surface area contributed by atoms with Crippen LogP contribution in [0.4, 0.5) is 0 Å². The average molecular weight is 224 g/mol. The van der Waals surface area contributed by atoms with E-state index in [1.165, 1.54) is 0 Å². The van der Waals surface area contributed by atoms with Gasteiger partial charge in [-0.25, -0.2) is 0 Å². The third-order valence-corrected chi connectivity index (χ3v) is 2.71. The molecule has 3 N–H and O–H groups in total. The summed E-state index contributed by atoms with van der Waals surface area (Å²) < 4.78 is 0. The fraction of sp³-hybridized carbons (Fsp3) is 0.364. The number of aryl methyl sites for hydroxylation is 1. The molecule has 0 fully saturated rings. The van der Waals surface area contributed by atoms with Gasteiger partial charge in [0.15, 0.2) is 0 Å². The number of aromatic amines is 1. The highest BCUT2D eigenvalue weighted by molar-refractivity contribution is 6.35. The van der Waals surface area contributed by atoms with Crippen molar-refractivity contribution in [3.8, 4) is 0 Å². The zero-order valence-electron chi connectivity index (χ0n) is 8.84. The van der Waals surface area contributed by atoms with E-state index in [1.54, 1.807) is 0 Å². The van der Waals surface area contributed by atoms with Crippen LogP contribution in [0.15, 0.2) is 12.1 Å². The summed E-state index contributed by atoms with van der Waals surface area (Å²) in [5.41, 5.74) is 8.80. The van der Waals surface area contributed by atoms with Crippen molar-refractivity contribution in [3.05, 3.63) is 28.4 Å². The number of H-pyrrole nitrogens is 1. The fourth-order valence-corrected chi connectivity index (χ4v) is 2.03. The molecule has 1 heterocycles. The minimum Gasteiger partial charge on any atom is -0.328 e. The normalized spacial score (nSPS) is 13.3. The predicted molar refractivity (Wildman–Crippen MR) is 63.2 cm³/mol. The van der Waals surface area contributed by atoms with Crippen LogP contribution < -0.4 is 5.73 Å². The van der Waals surface area contributed by atoms with Gasteiger partial charge in [0.05, 0.1) is 5.02 Å². The molecule has 4 heteroatoms. The van der Waals surface area contributed by atoms with Gasteiger partial charge in [0.25, 0.3) is 0 Å². The van der Waals surface area contributed by atoms with E-state index in [-0.39, 0.29) is 6.04 Å². The van der Waals surface area contributed by atoms with Crippen molar-refractivity contribution >= 4 is 22.5 Å². The van der Waals surface area contributed by atoms with E-state index in [4.69, 9.17) is 17.3 Å².